The predicted octanol–water partition coefficient (Wildman–Crippen LogP) is 3.70. The second kappa shape index (κ2) is 6.57. The van der Waals surface area contributed by atoms with Gasteiger partial charge < -0.3 is 5.11 Å². The van der Waals surface area contributed by atoms with Gasteiger partial charge in [0.05, 0.1) is 5.71 Å². The van der Waals surface area contributed by atoms with Crippen LogP contribution in [0.15, 0.2) is 53.9 Å². The summed E-state index contributed by atoms with van der Waals surface area (Å²) in [4.78, 5) is 16.7. The topological polar surface area (TPSA) is 65.8 Å². The molecule has 3 rings (SSSR count). The Hall–Kier alpha value is -1.66. The predicted molar refractivity (Wildman–Crippen MR) is 98.0 cm³/mol. The Bertz CT molecular complexity index is 819. The summed E-state index contributed by atoms with van der Waals surface area (Å²) in [5.74, 6) is -0.585. The average Bonchev–Trinajstić information content (AvgIpc) is 2.94. The highest BCUT2D eigenvalue weighted by Crippen LogP contribution is 2.46. The monoisotopic (exact) mass is 397 g/mol. The Morgan fingerprint density at radius 1 is 1.16 bits per heavy atom. The van der Waals surface area contributed by atoms with Crippen molar-refractivity contribution in [2.24, 2.45) is 5.10 Å². The van der Waals surface area contributed by atoms with Gasteiger partial charge in [-0.25, -0.2) is 0 Å². The van der Waals surface area contributed by atoms with Crippen molar-refractivity contribution in [3.8, 4) is 0 Å². The van der Waals surface area contributed by atoms with E-state index in [0.717, 1.165) is 16.1 Å². The van der Waals surface area contributed by atoms with Crippen LogP contribution in [-0.4, -0.2) is 36.2 Å². The Kier molecular flexibility index (Phi) is 4.77. The van der Waals surface area contributed by atoms with Crippen molar-refractivity contribution in [1.29, 1.82) is 0 Å². The van der Waals surface area contributed by atoms with Crippen LogP contribution >= 0.6 is 34.8 Å². The molecular weight excluding hydrogens is 385 g/mol. The van der Waals surface area contributed by atoms with Crippen LogP contribution in [0.1, 0.15) is 27.9 Å². The van der Waals surface area contributed by atoms with Gasteiger partial charge in [-0.3, -0.25) is 9.78 Å². The van der Waals surface area contributed by atoms with E-state index in [0.29, 0.717) is 5.71 Å². The SMILES string of the molecule is Cc1ccc(C2=NN(C(=O)c3ccncc3)C(O)(C(Cl)(Cl)Cl)C2)cc1. The number of aromatic nitrogens is 1. The number of rotatable bonds is 2. The van der Waals surface area contributed by atoms with Gasteiger partial charge in [0.2, 0.25) is 9.52 Å². The highest BCUT2D eigenvalue weighted by Gasteiger charge is 2.58. The van der Waals surface area contributed by atoms with Gasteiger partial charge in [-0.2, -0.15) is 10.1 Å². The number of carbonyl (C=O) groups is 1. The van der Waals surface area contributed by atoms with E-state index in [4.69, 9.17) is 34.8 Å². The minimum absolute atomic E-state index is 0.108. The first-order chi connectivity index (χ1) is 11.7. The zero-order valence-corrected chi connectivity index (χ0v) is 15.4. The lowest BCUT2D eigenvalue weighted by Gasteiger charge is -2.36. The fraction of sp³-hybridized carbons (Fsp3) is 0.235. The lowest BCUT2D eigenvalue weighted by atomic mass is 10.0. The fourth-order valence-corrected chi connectivity index (χ4v) is 2.94. The molecule has 130 valence electrons. The lowest BCUT2D eigenvalue weighted by Crippen LogP contribution is -2.55. The third-order valence-electron chi connectivity index (χ3n) is 3.94. The molecular formula is C17H14Cl3N3O2. The number of halogens is 3. The third kappa shape index (κ3) is 3.37. The minimum Gasteiger partial charge on any atom is -0.365 e. The summed E-state index contributed by atoms with van der Waals surface area (Å²) in [6.45, 7) is 1.96. The third-order valence-corrected chi connectivity index (χ3v) is 4.85. The smallest absolute Gasteiger partial charge is 0.276 e. The summed E-state index contributed by atoms with van der Waals surface area (Å²) < 4.78 is -2.15. The van der Waals surface area contributed by atoms with Gasteiger partial charge in [-0.15, -0.1) is 0 Å². The summed E-state index contributed by atoms with van der Waals surface area (Å²) >= 11 is 18.0. The molecule has 1 unspecified atom stereocenters. The van der Waals surface area contributed by atoms with Crippen LogP contribution in [-0.2, 0) is 0 Å². The van der Waals surface area contributed by atoms with Crippen molar-refractivity contribution in [3.05, 3.63) is 65.5 Å². The molecule has 1 amide bonds. The molecule has 0 radical (unpaired) electrons. The zero-order chi connectivity index (χ0) is 18.2. The Morgan fingerprint density at radius 2 is 1.76 bits per heavy atom. The Balaban J connectivity index is 2.04. The number of hydrogen-bond donors (Lipinski definition) is 1. The highest BCUT2D eigenvalue weighted by atomic mass is 35.6. The molecule has 2 heterocycles. The first-order valence-electron chi connectivity index (χ1n) is 7.40. The maximum absolute atomic E-state index is 12.8. The summed E-state index contributed by atoms with van der Waals surface area (Å²) in [6.07, 6.45) is 2.81. The largest absolute Gasteiger partial charge is 0.365 e. The molecule has 1 aliphatic heterocycles. The molecule has 2 aromatic rings. The molecule has 1 aromatic carbocycles. The van der Waals surface area contributed by atoms with Crippen molar-refractivity contribution in [2.75, 3.05) is 0 Å². The van der Waals surface area contributed by atoms with E-state index in [-0.39, 0.29) is 12.0 Å². The number of aryl methyl sites for hydroxylation is 1. The molecule has 0 saturated carbocycles. The van der Waals surface area contributed by atoms with Crippen LogP contribution in [0.5, 0.6) is 0 Å². The number of hydrazone groups is 1. The molecule has 0 bridgehead atoms. The van der Waals surface area contributed by atoms with Crippen LogP contribution in [0.3, 0.4) is 0 Å². The number of pyridine rings is 1. The normalized spacial score (nSPS) is 20.5. The minimum atomic E-state index is -2.15. The van der Waals surface area contributed by atoms with Gasteiger partial charge in [-0.05, 0) is 24.6 Å². The van der Waals surface area contributed by atoms with Crippen molar-refractivity contribution < 1.29 is 9.90 Å². The molecule has 0 fully saturated rings. The lowest BCUT2D eigenvalue weighted by molar-refractivity contribution is -0.0672. The van der Waals surface area contributed by atoms with Crippen molar-refractivity contribution in [1.82, 2.24) is 9.99 Å². The van der Waals surface area contributed by atoms with Crippen molar-refractivity contribution >= 4 is 46.4 Å². The van der Waals surface area contributed by atoms with Crippen LogP contribution in [0, 0.1) is 6.92 Å². The molecule has 8 heteroatoms. The maximum Gasteiger partial charge on any atom is 0.276 e. The molecule has 0 saturated heterocycles. The van der Waals surface area contributed by atoms with Crippen LogP contribution < -0.4 is 0 Å². The number of alkyl halides is 3. The molecule has 1 aromatic heterocycles. The second-order valence-electron chi connectivity index (χ2n) is 5.76. The Labute approximate surface area is 159 Å². The van der Waals surface area contributed by atoms with E-state index >= 15 is 0 Å². The van der Waals surface area contributed by atoms with E-state index in [2.05, 4.69) is 10.1 Å². The number of nitrogens with zero attached hydrogens (tertiary/aromatic N) is 3. The molecule has 5 nitrogen and oxygen atoms in total. The van der Waals surface area contributed by atoms with Gasteiger partial charge in [0.1, 0.15) is 0 Å². The molecule has 1 atom stereocenters. The van der Waals surface area contributed by atoms with Gasteiger partial charge in [0, 0.05) is 24.4 Å². The number of carbonyl (C=O) groups excluding carboxylic acids is 1. The van der Waals surface area contributed by atoms with Gasteiger partial charge in [0.15, 0.2) is 0 Å². The molecule has 0 aliphatic carbocycles. The summed E-state index contributed by atoms with van der Waals surface area (Å²) in [5.41, 5.74) is 0.443. The number of aliphatic hydroxyl groups is 1. The summed E-state index contributed by atoms with van der Waals surface area (Å²) in [5, 5.41) is 16.1. The van der Waals surface area contributed by atoms with Crippen LogP contribution in [0.4, 0.5) is 0 Å². The van der Waals surface area contributed by atoms with Crippen molar-refractivity contribution in [3.63, 3.8) is 0 Å². The number of benzene rings is 1. The van der Waals surface area contributed by atoms with Gasteiger partial charge in [0.25, 0.3) is 5.91 Å². The maximum atomic E-state index is 12.8. The number of amides is 1. The van der Waals surface area contributed by atoms with Crippen molar-refractivity contribution in [2.45, 2.75) is 22.9 Å². The van der Waals surface area contributed by atoms with Crippen LogP contribution in [0.2, 0.25) is 0 Å². The first-order valence-corrected chi connectivity index (χ1v) is 8.54. The molecule has 1 aliphatic rings. The summed E-state index contributed by atoms with van der Waals surface area (Å²) in [6, 6.07) is 10.5. The Morgan fingerprint density at radius 3 is 2.32 bits per heavy atom. The average molecular weight is 399 g/mol. The molecule has 1 N–H and O–H groups in total. The first kappa shape index (κ1) is 18.1. The van der Waals surface area contributed by atoms with E-state index in [1.807, 2.05) is 31.2 Å². The zero-order valence-electron chi connectivity index (χ0n) is 13.2. The molecule has 0 spiro atoms. The standard InChI is InChI=1S/C17H14Cl3N3O2/c1-11-2-4-12(5-3-11)14-10-16(25,17(18,19)20)23(22-14)15(24)13-6-8-21-9-7-13/h2-9,25H,10H2,1H3. The quantitative estimate of drug-likeness (QED) is 0.785. The van der Waals surface area contributed by atoms with Gasteiger partial charge >= 0.3 is 0 Å². The second-order valence-corrected chi connectivity index (χ2v) is 8.04. The van der Waals surface area contributed by atoms with E-state index in [1.165, 1.54) is 24.5 Å². The van der Waals surface area contributed by atoms with E-state index in [1.54, 1.807) is 0 Å². The number of hydrogen-bond acceptors (Lipinski definition) is 4. The fourth-order valence-electron chi connectivity index (χ4n) is 2.50. The van der Waals surface area contributed by atoms with E-state index in [9.17, 15) is 9.90 Å². The molecule has 25 heavy (non-hydrogen) atoms. The van der Waals surface area contributed by atoms with Crippen LogP contribution in [0.25, 0.3) is 0 Å². The summed E-state index contributed by atoms with van der Waals surface area (Å²) in [7, 11) is 0. The van der Waals surface area contributed by atoms with E-state index < -0.39 is 15.4 Å². The van der Waals surface area contributed by atoms with Gasteiger partial charge in [-0.1, -0.05) is 64.6 Å². The highest BCUT2D eigenvalue weighted by molar-refractivity contribution is 6.68.